The number of nitrogens with one attached hydrogen (secondary N) is 2. The third-order valence-electron chi connectivity index (χ3n) is 2.81. The minimum Gasteiger partial charge on any atom is -0.349 e. The zero-order chi connectivity index (χ0) is 14.4. The van der Waals surface area contributed by atoms with E-state index >= 15 is 0 Å². The van der Waals surface area contributed by atoms with Crippen molar-refractivity contribution in [1.29, 1.82) is 0 Å². The van der Waals surface area contributed by atoms with Crippen molar-refractivity contribution >= 4 is 5.91 Å². The van der Waals surface area contributed by atoms with Gasteiger partial charge in [-0.25, -0.2) is 9.37 Å². The van der Waals surface area contributed by atoms with E-state index in [9.17, 15) is 9.18 Å². The Morgan fingerprint density at radius 2 is 2.05 bits per heavy atom. The van der Waals surface area contributed by atoms with Crippen LogP contribution in [0.15, 0.2) is 36.8 Å². The number of imidazole rings is 1. The number of amides is 1. The maximum atomic E-state index is 12.9. The van der Waals surface area contributed by atoms with Gasteiger partial charge in [-0.1, -0.05) is 6.92 Å². The van der Waals surface area contributed by atoms with Crippen LogP contribution in [-0.2, 0) is 0 Å². The fraction of sp³-hybridized carbons (Fsp3) is 0.286. The van der Waals surface area contributed by atoms with Crippen LogP contribution in [-0.4, -0.2) is 35.1 Å². The molecule has 2 N–H and O–H groups in total. The maximum Gasteiger partial charge on any atom is 0.269 e. The van der Waals surface area contributed by atoms with E-state index in [0.717, 1.165) is 6.54 Å². The summed E-state index contributed by atoms with van der Waals surface area (Å²) in [5.74, 6) is -0.518. The molecule has 2 aromatic rings. The monoisotopic (exact) mass is 276 g/mol. The van der Waals surface area contributed by atoms with E-state index in [1.54, 1.807) is 16.7 Å². The Hall–Kier alpha value is -2.21. The van der Waals surface area contributed by atoms with Crippen LogP contribution < -0.4 is 10.6 Å². The van der Waals surface area contributed by atoms with E-state index in [4.69, 9.17) is 0 Å². The lowest BCUT2D eigenvalue weighted by Crippen LogP contribution is -2.32. The van der Waals surface area contributed by atoms with Gasteiger partial charge in [-0.05, 0) is 30.8 Å². The fourth-order valence-corrected chi connectivity index (χ4v) is 1.80. The highest BCUT2D eigenvalue weighted by Gasteiger charge is 2.12. The number of likely N-dealkylation sites (N-methyl/N-ethyl adjacent to an activating group) is 1. The average molecular weight is 276 g/mol. The molecule has 0 bridgehead atoms. The van der Waals surface area contributed by atoms with Gasteiger partial charge in [0, 0.05) is 18.8 Å². The van der Waals surface area contributed by atoms with E-state index in [2.05, 4.69) is 15.6 Å². The smallest absolute Gasteiger partial charge is 0.269 e. The molecule has 20 heavy (non-hydrogen) atoms. The van der Waals surface area contributed by atoms with E-state index in [1.165, 1.54) is 24.7 Å². The Bertz CT molecular complexity index is 565. The first-order valence-corrected chi connectivity index (χ1v) is 6.49. The Morgan fingerprint density at radius 3 is 2.75 bits per heavy atom. The van der Waals surface area contributed by atoms with Gasteiger partial charge in [0.15, 0.2) is 0 Å². The summed E-state index contributed by atoms with van der Waals surface area (Å²) in [5, 5.41) is 5.93. The first-order chi connectivity index (χ1) is 9.72. The molecule has 1 amide bonds. The summed E-state index contributed by atoms with van der Waals surface area (Å²) < 4.78 is 14.5. The Kier molecular flexibility index (Phi) is 4.84. The van der Waals surface area contributed by atoms with E-state index in [0.29, 0.717) is 24.5 Å². The molecule has 106 valence electrons. The summed E-state index contributed by atoms with van der Waals surface area (Å²) in [4.78, 5) is 16.0. The molecule has 0 aliphatic rings. The van der Waals surface area contributed by atoms with Crippen LogP contribution >= 0.6 is 0 Å². The Labute approximate surface area is 116 Å². The second-order valence-electron chi connectivity index (χ2n) is 4.23. The summed E-state index contributed by atoms with van der Waals surface area (Å²) in [6.07, 6.45) is 3.03. The fourth-order valence-electron chi connectivity index (χ4n) is 1.80. The van der Waals surface area contributed by atoms with Gasteiger partial charge in [-0.3, -0.25) is 9.36 Å². The summed E-state index contributed by atoms with van der Waals surface area (Å²) in [6, 6.07) is 5.91. The highest BCUT2D eigenvalue weighted by Crippen LogP contribution is 2.12. The van der Waals surface area contributed by atoms with E-state index in [-0.39, 0.29) is 11.7 Å². The SMILES string of the molecule is CCNCCNC(=O)c1cncn1-c1ccc(F)cc1. The lowest BCUT2D eigenvalue weighted by molar-refractivity contribution is 0.0947. The quantitative estimate of drug-likeness (QED) is 0.783. The molecule has 0 fully saturated rings. The van der Waals surface area contributed by atoms with Crippen LogP contribution in [0.2, 0.25) is 0 Å². The van der Waals surface area contributed by atoms with Crippen molar-refractivity contribution < 1.29 is 9.18 Å². The van der Waals surface area contributed by atoms with Crippen LogP contribution in [0.3, 0.4) is 0 Å². The second kappa shape index (κ2) is 6.81. The largest absolute Gasteiger partial charge is 0.349 e. The predicted molar refractivity (Wildman–Crippen MR) is 74.4 cm³/mol. The summed E-state index contributed by atoms with van der Waals surface area (Å²) >= 11 is 0. The van der Waals surface area contributed by atoms with Gasteiger partial charge in [-0.15, -0.1) is 0 Å². The van der Waals surface area contributed by atoms with Crippen molar-refractivity contribution in [1.82, 2.24) is 20.2 Å². The van der Waals surface area contributed by atoms with E-state index in [1.807, 2.05) is 6.92 Å². The van der Waals surface area contributed by atoms with E-state index < -0.39 is 0 Å². The van der Waals surface area contributed by atoms with Crippen molar-refractivity contribution in [2.45, 2.75) is 6.92 Å². The Balaban J connectivity index is 2.08. The number of benzene rings is 1. The van der Waals surface area contributed by atoms with Crippen LogP contribution in [0, 0.1) is 5.82 Å². The number of hydrogen-bond donors (Lipinski definition) is 2. The molecule has 0 saturated heterocycles. The van der Waals surface area contributed by atoms with Gasteiger partial charge in [-0.2, -0.15) is 0 Å². The lowest BCUT2D eigenvalue weighted by atomic mass is 10.3. The number of aromatic nitrogens is 2. The molecule has 0 atom stereocenters. The van der Waals surface area contributed by atoms with Crippen molar-refractivity contribution in [3.63, 3.8) is 0 Å². The van der Waals surface area contributed by atoms with Crippen LogP contribution in [0.25, 0.3) is 5.69 Å². The van der Waals surface area contributed by atoms with Crippen LogP contribution in [0.5, 0.6) is 0 Å². The number of carbonyl (C=O) groups is 1. The molecular formula is C14H17FN4O. The highest BCUT2D eigenvalue weighted by molar-refractivity contribution is 5.92. The number of rotatable bonds is 6. The number of halogens is 1. The van der Waals surface area contributed by atoms with Crippen LogP contribution in [0.1, 0.15) is 17.4 Å². The first kappa shape index (κ1) is 14.2. The van der Waals surface area contributed by atoms with Crippen molar-refractivity contribution in [3.05, 3.63) is 48.3 Å². The normalized spacial score (nSPS) is 10.5. The molecule has 0 aliphatic carbocycles. The van der Waals surface area contributed by atoms with Gasteiger partial charge in [0.05, 0.1) is 12.5 Å². The third-order valence-corrected chi connectivity index (χ3v) is 2.81. The topological polar surface area (TPSA) is 58.9 Å². The van der Waals surface area contributed by atoms with Crippen molar-refractivity contribution in [2.75, 3.05) is 19.6 Å². The molecule has 1 aromatic heterocycles. The zero-order valence-corrected chi connectivity index (χ0v) is 11.3. The molecule has 1 aromatic carbocycles. The average Bonchev–Trinajstić information content (AvgIpc) is 2.93. The van der Waals surface area contributed by atoms with Crippen molar-refractivity contribution in [3.8, 4) is 5.69 Å². The van der Waals surface area contributed by atoms with Gasteiger partial charge in [0.2, 0.25) is 0 Å². The first-order valence-electron chi connectivity index (χ1n) is 6.49. The molecule has 6 heteroatoms. The summed E-state index contributed by atoms with van der Waals surface area (Å²) in [5.41, 5.74) is 1.12. The van der Waals surface area contributed by atoms with Gasteiger partial charge >= 0.3 is 0 Å². The molecule has 0 saturated carbocycles. The number of carbonyl (C=O) groups excluding carboxylic acids is 1. The van der Waals surface area contributed by atoms with Gasteiger partial charge in [0.25, 0.3) is 5.91 Å². The van der Waals surface area contributed by atoms with Crippen molar-refractivity contribution in [2.24, 2.45) is 0 Å². The number of hydrogen-bond acceptors (Lipinski definition) is 3. The second-order valence-corrected chi connectivity index (χ2v) is 4.23. The van der Waals surface area contributed by atoms with Gasteiger partial charge in [0.1, 0.15) is 11.5 Å². The molecular weight excluding hydrogens is 259 g/mol. The minimum atomic E-state index is -0.314. The summed E-state index contributed by atoms with van der Waals surface area (Å²) in [6.45, 7) is 4.13. The minimum absolute atomic E-state index is 0.204. The predicted octanol–water partition coefficient (Wildman–Crippen LogP) is 1.35. The van der Waals surface area contributed by atoms with Crippen LogP contribution in [0.4, 0.5) is 4.39 Å². The molecule has 2 rings (SSSR count). The highest BCUT2D eigenvalue weighted by atomic mass is 19.1. The molecule has 0 unspecified atom stereocenters. The molecule has 5 nitrogen and oxygen atoms in total. The molecule has 0 aliphatic heterocycles. The lowest BCUT2D eigenvalue weighted by Gasteiger charge is -2.09. The van der Waals surface area contributed by atoms with Gasteiger partial charge < -0.3 is 10.6 Å². The molecule has 0 spiro atoms. The Morgan fingerprint density at radius 1 is 1.30 bits per heavy atom. The molecule has 1 heterocycles. The third kappa shape index (κ3) is 3.42. The molecule has 0 radical (unpaired) electrons. The zero-order valence-electron chi connectivity index (χ0n) is 11.3. The summed E-state index contributed by atoms with van der Waals surface area (Å²) in [7, 11) is 0. The maximum absolute atomic E-state index is 12.9. The standard InChI is InChI=1S/C14H17FN4O/c1-2-16-7-8-18-14(20)13-9-17-10-19(13)12-5-3-11(15)4-6-12/h3-6,9-10,16H,2,7-8H2,1H3,(H,18,20). The number of nitrogens with zero attached hydrogens (tertiary/aromatic N) is 2.